The van der Waals surface area contributed by atoms with Crippen LogP contribution in [0, 0.1) is 0 Å². The minimum absolute atomic E-state index is 0. The summed E-state index contributed by atoms with van der Waals surface area (Å²) in [5.74, 6) is 0.870. The molecule has 0 aliphatic rings. The lowest BCUT2D eigenvalue weighted by Crippen LogP contribution is -2.44. The predicted octanol–water partition coefficient (Wildman–Crippen LogP) is 1.54. The van der Waals surface area contributed by atoms with Crippen LogP contribution in [0.4, 0.5) is 0 Å². The third-order valence-electron chi connectivity index (χ3n) is 2.72. The Morgan fingerprint density at radius 1 is 1.26 bits per heavy atom. The van der Waals surface area contributed by atoms with Crippen molar-refractivity contribution >= 4 is 29.9 Å². The first kappa shape index (κ1) is 21.2. The Kier molecular flexibility index (Phi) is 16.0. The summed E-state index contributed by atoms with van der Waals surface area (Å²) in [7, 11) is 1.71. The van der Waals surface area contributed by atoms with Crippen LogP contribution in [0.3, 0.4) is 0 Å². The third-order valence-corrected chi connectivity index (χ3v) is 2.72. The lowest BCUT2D eigenvalue weighted by molar-refractivity contribution is 0.179. The molecule has 2 N–H and O–H groups in total. The van der Waals surface area contributed by atoms with Gasteiger partial charge in [-0.2, -0.15) is 0 Å². The number of rotatable bonds is 9. The minimum Gasteiger partial charge on any atom is -0.383 e. The second-order valence-corrected chi connectivity index (χ2v) is 4.29. The van der Waals surface area contributed by atoms with E-state index in [1.54, 1.807) is 7.11 Å². The quantitative estimate of drug-likeness (QED) is 0.359. The smallest absolute Gasteiger partial charge is 0.191 e. The van der Waals surface area contributed by atoms with Gasteiger partial charge < -0.3 is 20.3 Å². The summed E-state index contributed by atoms with van der Waals surface area (Å²) in [6.45, 7) is 14.0. The Balaban J connectivity index is 0. The highest BCUT2D eigenvalue weighted by Crippen LogP contribution is 1.88. The monoisotopic (exact) mass is 386 g/mol. The molecular formula is C13H31IN4O. The molecule has 6 heteroatoms. The summed E-state index contributed by atoms with van der Waals surface area (Å²) in [5.41, 5.74) is 0. The van der Waals surface area contributed by atoms with Gasteiger partial charge in [-0.3, -0.25) is 4.99 Å². The van der Waals surface area contributed by atoms with Gasteiger partial charge in [0.1, 0.15) is 0 Å². The lowest BCUT2D eigenvalue weighted by Gasteiger charge is -2.19. The van der Waals surface area contributed by atoms with Crippen molar-refractivity contribution in [1.29, 1.82) is 0 Å². The standard InChI is InChI=1S/C13H30N4O.HI/c1-6-14-13(16-12(4)11-18-5)15-9-10-17(7-2)8-3;/h12H,6-11H2,1-5H3,(H2,14,15,16);1H. The summed E-state index contributed by atoms with van der Waals surface area (Å²) < 4.78 is 5.11. The summed E-state index contributed by atoms with van der Waals surface area (Å²) >= 11 is 0. The summed E-state index contributed by atoms with van der Waals surface area (Å²) in [6.07, 6.45) is 0. The molecule has 0 spiro atoms. The van der Waals surface area contributed by atoms with Crippen molar-refractivity contribution < 1.29 is 4.74 Å². The fourth-order valence-corrected chi connectivity index (χ4v) is 1.69. The maximum absolute atomic E-state index is 5.11. The molecule has 0 radical (unpaired) electrons. The molecule has 19 heavy (non-hydrogen) atoms. The molecule has 0 bridgehead atoms. The molecule has 0 aliphatic carbocycles. The largest absolute Gasteiger partial charge is 0.383 e. The van der Waals surface area contributed by atoms with Gasteiger partial charge in [0, 0.05) is 26.2 Å². The van der Waals surface area contributed by atoms with E-state index in [4.69, 9.17) is 4.74 Å². The zero-order valence-electron chi connectivity index (χ0n) is 13.0. The SMILES string of the molecule is CCNC(=NCCN(CC)CC)NC(C)COC.I. The Bertz CT molecular complexity index is 223. The van der Waals surface area contributed by atoms with Crippen molar-refractivity contribution in [2.75, 3.05) is 46.4 Å². The maximum Gasteiger partial charge on any atom is 0.191 e. The molecule has 0 heterocycles. The van der Waals surface area contributed by atoms with Crippen LogP contribution in [0.5, 0.6) is 0 Å². The van der Waals surface area contributed by atoms with E-state index in [1.807, 2.05) is 0 Å². The van der Waals surface area contributed by atoms with Crippen molar-refractivity contribution in [2.24, 2.45) is 4.99 Å². The molecule has 0 saturated heterocycles. The zero-order chi connectivity index (χ0) is 13.8. The molecular weight excluding hydrogens is 355 g/mol. The maximum atomic E-state index is 5.11. The summed E-state index contributed by atoms with van der Waals surface area (Å²) in [6, 6.07) is 0.265. The van der Waals surface area contributed by atoms with E-state index < -0.39 is 0 Å². The second kappa shape index (κ2) is 14.3. The normalized spacial score (nSPS) is 13.1. The molecule has 5 nitrogen and oxygen atoms in total. The van der Waals surface area contributed by atoms with Crippen LogP contribution in [-0.4, -0.2) is 63.3 Å². The van der Waals surface area contributed by atoms with Crippen LogP contribution in [0.15, 0.2) is 4.99 Å². The molecule has 1 unspecified atom stereocenters. The Labute approximate surface area is 135 Å². The van der Waals surface area contributed by atoms with Crippen LogP contribution in [-0.2, 0) is 4.74 Å². The second-order valence-electron chi connectivity index (χ2n) is 4.29. The summed E-state index contributed by atoms with van der Waals surface area (Å²) in [5, 5.41) is 6.57. The molecule has 1 atom stereocenters. The number of halogens is 1. The highest BCUT2D eigenvalue weighted by atomic mass is 127. The highest BCUT2D eigenvalue weighted by molar-refractivity contribution is 14.0. The van der Waals surface area contributed by atoms with Gasteiger partial charge in [-0.25, -0.2) is 0 Å². The van der Waals surface area contributed by atoms with E-state index in [2.05, 4.69) is 48.2 Å². The number of hydrogen-bond acceptors (Lipinski definition) is 3. The summed E-state index contributed by atoms with van der Waals surface area (Å²) in [4.78, 5) is 6.94. The van der Waals surface area contributed by atoms with Crippen molar-refractivity contribution in [2.45, 2.75) is 33.7 Å². The molecule has 0 saturated carbocycles. The van der Waals surface area contributed by atoms with E-state index in [0.29, 0.717) is 6.61 Å². The van der Waals surface area contributed by atoms with Crippen molar-refractivity contribution in [3.8, 4) is 0 Å². The van der Waals surface area contributed by atoms with Gasteiger partial charge >= 0.3 is 0 Å². The predicted molar refractivity (Wildman–Crippen MR) is 93.7 cm³/mol. The molecule has 0 aromatic rings. The first-order valence-electron chi connectivity index (χ1n) is 6.93. The first-order chi connectivity index (χ1) is 8.67. The fourth-order valence-electron chi connectivity index (χ4n) is 1.69. The van der Waals surface area contributed by atoms with E-state index in [0.717, 1.165) is 38.7 Å². The fraction of sp³-hybridized carbons (Fsp3) is 0.923. The van der Waals surface area contributed by atoms with Gasteiger partial charge in [0.2, 0.25) is 0 Å². The van der Waals surface area contributed by atoms with Gasteiger partial charge in [-0.1, -0.05) is 13.8 Å². The minimum atomic E-state index is 0. The zero-order valence-corrected chi connectivity index (χ0v) is 15.4. The van der Waals surface area contributed by atoms with E-state index >= 15 is 0 Å². The number of nitrogens with zero attached hydrogens (tertiary/aromatic N) is 2. The lowest BCUT2D eigenvalue weighted by atomic mass is 10.4. The van der Waals surface area contributed by atoms with Gasteiger partial charge in [-0.05, 0) is 26.9 Å². The van der Waals surface area contributed by atoms with Crippen LogP contribution in [0.1, 0.15) is 27.7 Å². The number of nitrogens with one attached hydrogen (secondary N) is 2. The van der Waals surface area contributed by atoms with Gasteiger partial charge in [0.15, 0.2) is 5.96 Å². The highest BCUT2D eigenvalue weighted by Gasteiger charge is 2.04. The molecule has 0 aromatic heterocycles. The number of aliphatic imine (C=N–C) groups is 1. The third kappa shape index (κ3) is 11.4. The van der Waals surface area contributed by atoms with Crippen molar-refractivity contribution in [3.63, 3.8) is 0 Å². The van der Waals surface area contributed by atoms with Crippen LogP contribution in [0.25, 0.3) is 0 Å². The Morgan fingerprint density at radius 3 is 2.37 bits per heavy atom. The number of hydrogen-bond donors (Lipinski definition) is 2. The first-order valence-corrected chi connectivity index (χ1v) is 6.93. The molecule has 0 aliphatic heterocycles. The van der Waals surface area contributed by atoms with Crippen LogP contribution < -0.4 is 10.6 Å². The van der Waals surface area contributed by atoms with Crippen molar-refractivity contribution in [3.05, 3.63) is 0 Å². The number of ether oxygens (including phenoxy) is 1. The van der Waals surface area contributed by atoms with Crippen molar-refractivity contribution in [1.82, 2.24) is 15.5 Å². The van der Waals surface area contributed by atoms with E-state index in [9.17, 15) is 0 Å². The molecule has 0 rings (SSSR count). The number of methoxy groups -OCH3 is 1. The molecule has 0 fully saturated rings. The number of guanidine groups is 1. The van der Waals surface area contributed by atoms with E-state index in [-0.39, 0.29) is 30.0 Å². The Morgan fingerprint density at radius 2 is 1.89 bits per heavy atom. The molecule has 116 valence electrons. The number of likely N-dealkylation sites (N-methyl/N-ethyl adjacent to an activating group) is 1. The van der Waals surface area contributed by atoms with Gasteiger partial charge in [-0.15, -0.1) is 24.0 Å². The Hall–Kier alpha value is -0.0800. The van der Waals surface area contributed by atoms with Gasteiger partial charge in [0.25, 0.3) is 0 Å². The topological polar surface area (TPSA) is 48.9 Å². The van der Waals surface area contributed by atoms with Crippen LogP contribution >= 0.6 is 24.0 Å². The molecule has 0 amide bonds. The molecule has 0 aromatic carbocycles. The average molecular weight is 386 g/mol. The average Bonchev–Trinajstić information content (AvgIpc) is 2.35. The van der Waals surface area contributed by atoms with Gasteiger partial charge in [0.05, 0.1) is 13.2 Å². The van der Waals surface area contributed by atoms with E-state index in [1.165, 1.54) is 0 Å². The van der Waals surface area contributed by atoms with Crippen LogP contribution in [0.2, 0.25) is 0 Å².